The molecule has 0 unspecified atom stereocenters. The van der Waals surface area contributed by atoms with Crippen molar-refractivity contribution in [2.75, 3.05) is 0 Å². The molecule has 3 heteroatoms. The average molecular weight is 185 g/mol. The number of hydrogen-bond donors (Lipinski definition) is 1. The lowest BCUT2D eigenvalue weighted by molar-refractivity contribution is 0.0509. The van der Waals surface area contributed by atoms with Crippen LogP contribution in [0.4, 0.5) is 4.79 Å². The molecule has 1 atom stereocenters. The standard InChI is InChI=1S/C10H19NO2/c1-6-7-8(2)11-9(12)13-10(3,4)5/h6,8H,1,7H2,2-5H3,(H,11,12)/t8-/m1/s1. The molecule has 0 aliphatic carbocycles. The maximum Gasteiger partial charge on any atom is 0.407 e. The first-order chi connectivity index (χ1) is 5.85. The van der Waals surface area contributed by atoms with Gasteiger partial charge in [-0.25, -0.2) is 4.79 Å². The van der Waals surface area contributed by atoms with E-state index in [9.17, 15) is 4.79 Å². The molecule has 0 saturated carbocycles. The van der Waals surface area contributed by atoms with Crippen molar-refractivity contribution in [2.24, 2.45) is 0 Å². The van der Waals surface area contributed by atoms with Crippen molar-refractivity contribution in [3.63, 3.8) is 0 Å². The third-order valence-electron chi connectivity index (χ3n) is 1.28. The molecule has 76 valence electrons. The van der Waals surface area contributed by atoms with E-state index >= 15 is 0 Å². The average Bonchev–Trinajstić information content (AvgIpc) is 1.81. The molecule has 0 fully saturated rings. The number of rotatable bonds is 3. The summed E-state index contributed by atoms with van der Waals surface area (Å²) in [6.45, 7) is 11.0. The molecule has 0 aromatic heterocycles. The lowest BCUT2D eigenvalue weighted by Crippen LogP contribution is -2.37. The van der Waals surface area contributed by atoms with Gasteiger partial charge < -0.3 is 10.1 Å². The van der Waals surface area contributed by atoms with Crippen LogP contribution >= 0.6 is 0 Å². The first-order valence-electron chi connectivity index (χ1n) is 4.45. The third kappa shape index (κ3) is 7.37. The van der Waals surface area contributed by atoms with Crippen LogP contribution in [0.1, 0.15) is 34.1 Å². The topological polar surface area (TPSA) is 38.3 Å². The van der Waals surface area contributed by atoms with Crippen molar-refractivity contribution in [2.45, 2.75) is 45.8 Å². The van der Waals surface area contributed by atoms with Gasteiger partial charge in [0.15, 0.2) is 0 Å². The van der Waals surface area contributed by atoms with Crippen LogP contribution in [0.15, 0.2) is 12.7 Å². The summed E-state index contributed by atoms with van der Waals surface area (Å²) in [6, 6.07) is 0.0762. The highest BCUT2D eigenvalue weighted by molar-refractivity contribution is 5.68. The van der Waals surface area contributed by atoms with Gasteiger partial charge >= 0.3 is 6.09 Å². The Morgan fingerprint density at radius 2 is 2.15 bits per heavy atom. The summed E-state index contributed by atoms with van der Waals surface area (Å²) in [4.78, 5) is 11.2. The normalized spacial score (nSPS) is 13.2. The first kappa shape index (κ1) is 12.0. The summed E-state index contributed by atoms with van der Waals surface area (Å²) in [5.74, 6) is 0. The van der Waals surface area contributed by atoms with Crippen LogP contribution in [-0.4, -0.2) is 17.7 Å². The second-order valence-electron chi connectivity index (χ2n) is 4.07. The van der Waals surface area contributed by atoms with Gasteiger partial charge in [-0.05, 0) is 34.1 Å². The van der Waals surface area contributed by atoms with E-state index in [1.165, 1.54) is 0 Å². The van der Waals surface area contributed by atoms with Crippen LogP contribution in [0, 0.1) is 0 Å². The van der Waals surface area contributed by atoms with E-state index in [4.69, 9.17) is 4.74 Å². The van der Waals surface area contributed by atoms with Crippen LogP contribution in [0.25, 0.3) is 0 Å². The molecule has 1 N–H and O–H groups in total. The maximum absolute atomic E-state index is 11.2. The van der Waals surface area contributed by atoms with Gasteiger partial charge in [-0.3, -0.25) is 0 Å². The van der Waals surface area contributed by atoms with Gasteiger partial charge in [0.05, 0.1) is 0 Å². The molecule has 0 aromatic carbocycles. The van der Waals surface area contributed by atoms with E-state index in [0.717, 1.165) is 6.42 Å². The Bertz CT molecular complexity index is 182. The fourth-order valence-electron chi connectivity index (χ4n) is 0.818. The molecular weight excluding hydrogens is 166 g/mol. The fourth-order valence-corrected chi connectivity index (χ4v) is 0.818. The van der Waals surface area contributed by atoms with Gasteiger partial charge in [-0.15, -0.1) is 6.58 Å². The SMILES string of the molecule is C=CC[C@@H](C)NC(=O)OC(C)(C)C. The Morgan fingerprint density at radius 1 is 1.62 bits per heavy atom. The Hall–Kier alpha value is -0.990. The zero-order chi connectivity index (χ0) is 10.5. The van der Waals surface area contributed by atoms with E-state index in [1.807, 2.05) is 27.7 Å². The van der Waals surface area contributed by atoms with Crippen LogP contribution in [0.3, 0.4) is 0 Å². The monoisotopic (exact) mass is 185 g/mol. The van der Waals surface area contributed by atoms with Gasteiger partial charge in [0.2, 0.25) is 0 Å². The van der Waals surface area contributed by atoms with Crippen molar-refractivity contribution in [3.8, 4) is 0 Å². The van der Waals surface area contributed by atoms with Crippen molar-refractivity contribution in [1.82, 2.24) is 5.32 Å². The van der Waals surface area contributed by atoms with E-state index in [0.29, 0.717) is 0 Å². The highest BCUT2D eigenvalue weighted by atomic mass is 16.6. The van der Waals surface area contributed by atoms with E-state index in [-0.39, 0.29) is 12.1 Å². The number of hydrogen-bond acceptors (Lipinski definition) is 2. The summed E-state index contributed by atoms with van der Waals surface area (Å²) in [5.41, 5.74) is -0.433. The number of carbonyl (C=O) groups excluding carboxylic acids is 1. The van der Waals surface area contributed by atoms with Gasteiger partial charge in [0.1, 0.15) is 5.60 Å². The molecule has 0 spiro atoms. The molecule has 0 aromatic rings. The second-order valence-corrected chi connectivity index (χ2v) is 4.07. The Morgan fingerprint density at radius 3 is 2.54 bits per heavy atom. The largest absolute Gasteiger partial charge is 0.444 e. The quantitative estimate of drug-likeness (QED) is 0.686. The highest BCUT2D eigenvalue weighted by Crippen LogP contribution is 2.06. The number of alkyl carbamates (subject to hydrolysis) is 1. The van der Waals surface area contributed by atoms with Crippen molar-refractivity contribution in [1.29, 1.82) is 0 Å². The van der Waals surface area contributed by atoms with E-state index in [1.54, 1.807) is 6.08 Å². The molecule has 0 aliphatic rings. The molecule has 13 heavy (non-hydrogen) atoms. The van der Waals surface area contributed by atoms with Crippen molar-refractivity contribution < 1.29 is 9.53 Å². The first-order valence-corrected chi connectivity index (χ1v) is 4.45. The van der Waals surface area contributed by atoms with Crippen molar-refractivity contribution in [3.05, 3.63) is 12.7 Å². The summed E-state index contributed by atoms with van der Waals surface area (Å²) in [6.07, 6.45) is 2.14. The van der Waals surface area contributed by atoms with E-state index < -0.39 is 5.60 Å². The van der Waals surface area contributed by atoms with Gasteiger partial charge in [-0.2, -0.15) is 0 Å². The lowest BCUT2D eigenvalue weighted by atomic mass is 10.2. The Kier molecular flexibility index (Phi) is 4.52. The summed E-state index contributed by atoms with van der Waals surface area (Å²) in [7, 11) is 0. The number of carbonyl (C=O) groups is 1. The molecule has 0 heterocycles. The summed E-state index contributed by atoms with van der Waals surface area (Å²) >= 11 is 0. The van der Waals surface area contributed by atoms with Gasteiger partial charge in [0.25, 0.3) is 0 Å². The fraction of sp³-hybridized carbons (Fsp3) is 0.700. The lowest BCUT2D eigenvalue weighted by Gasteiger charge is -2.21. The molecule has 1 amide bonds. The predicted octanol–water partition coefficient (Wildman–Crippen LogP) is 2.48. The van der Waals surface area contributed by atoms with Crippen LogP contribution in [-0.2, 0) is 4.74 Å². The van der Waals surface area contributed by atoms with Crippen molar-refractivity contribution >= 4 is 6.09 Å². The number of ether oxygens (including phenoxy) is 1. The summed E-state index contributed by atoms with van der Waals surface area (Å²) in [5, 5.41) is 2.70. The third-order valence-corrected chi connectivity index (χ3v) is 1.28. The smallest absolute Gasteiger partial charge is 0.407 e. The number of nitrogens with one attached hydrogen (secondary N) is 1. The minimum atomic E-state index is -0.433. The minimum Gasteiger partial charge on any atom is -0.444 e. The minimum absolute atomic E-state index is 0.0762. The van der Waals surface area contributed by atoms with Gasteiger partial charge in [0, 0.05) is 6.04 Å². The zero-order valence-corrected chi connectivity index (χ0v) is 8.89. The molecule has 0 aliphatic heterocycles. The van der Waals surface area contributed by atoms with E-state index in [2.05, 4.69) is 11.9 Å². The van der Waals surface area contributed by atoms with Crippen LogP contribution < -0.4 is 5.32 Å². The Labute approximate surface area is 80.2 Å². The molecular formula is C10H19NO2. The highest BCUT2D eigenvalue weighted by Gasteiger charge is 2.16. The molecule has 0 bridgehead atoms. The molecule has 0 rings (SSSR count). The van der Waals surface area contributed by atoms with Gasteiger partial charge in [-0.1, -0.05) is 6.08 Å². The summed E-state index contributed by atoms with van der Waals surface area (Å²) < 4.78 is 5.07. The van der Waals surface area contributed by atoms with Crippen LogP contribution in [0.5, 0.6) is 0 Å². The maximum atomic E-state index is 11.2. The molecule has 0 radical (unpaired) electrons. The zero-order valence-electron chi connectivity index (χ0n) is 8.89. The number of amides is 1. The predicted molar refractivity (Wildman–Crippen MR) is 53.6 cm³/mol. The second kappa shape index (κ2) is 4.90. The Balaban J connectivity index is 3.81. The van der Waals surface area contributed by atoms with Crippen LogP contribution in [0.2, 0.25) is 0 Å². The molecule has 3 nitrogen and oxygen atoms in total. The molecule has 0 saturated heterocycles.